The number of benzene rings is 1. The number of nitrogens with zero attached hydrogens (tertiary/aromatic N) is 1. The molecule has 0 unspecified atom stereocenters. The molecule has 1 aromatic carbocycles. The summed E-state index contributed by atoms with van der Waals surface area (Å²) >= 11 is 0. The summed E-state index contributed by atoms with van der Waals surface area (Å²) in [5.41, 5.74) is 0.391. The van der Waals surface area contributed by atoms with Crippen LogP contribution in [0.2, 0.25) is 0 Å². The number of nitrogens with one attached hydrogen (secondary N) is 1. The van der Waals surface area contributed by atoms with Gasteiger partial charge in [-0.3, -0.25) is 4.79 Å². The summed E-state index contributed by atoms with van der Waals surface area (Å²) < 4.78 is 36.5. The van der Waals surface area contributed by atoms with Crippen LogP contribution in [0.4, 0.5) is 0 Å². The maximum Gasteiger partial charge on any atom is 0.251 e. The number of hydrogen-bond donors (Lipinski definition) is 1. The number of methoxy groups -OCH3 is 2. The van der Waals surface area contributed by atoms with Crippen molar-refractivity contribution in [1.29, 1.82) is 0 Å². The Kier molecular flexibility index (Phi) is 6.66. The fourth-order valence-electron chi connectivity index (χ4n) is 2.77. The van der Waals surface area contributed by atoms with E-state index >= 15 is 0 Å². The molecule has 1 fully saturated rings. The number of piperidine rings is 1. The predicted octanol–water partition coefficient (Wildman–Crippen LogP) is 1.50. The topological polar surface area (TPSA) is 84.9 Å². The van der Waals surface area contributed by atoms with E-state index in [1.165, 1.54) is 18.5 Å². The van der Waals surface area contributed by atoms with Gasteiger partial charge in [0.2, 0.25) is 10.0 Å². The SMILES string of the molecule is COc1ccc(C(=O)NCCS(=O)(=O)N2CCC(C)CC2)cc1OC. The molecule has 1 aliphatic rings. The molecular formula is C17H26N2O5S. The molecule has 7 nitrogen and oxygen atoms in total. The quantitative estimate of drug-likeness (QED) is 0.786. The zero-order valence-corrected chi connectivity index (χ0v) is 15.8. The average molecular weight is 370 g/mol. The molecule has 1 aromatic rings. The van der Waals surface area contributed by atoms with Gasteiger partial charge in [0.25, 0.3) is 5.91 Å². The van der Waals surface area contributed by atoms with Gasteiger partial charge in [-0.15, -0.1) is 0 Å². The standard InChI is InChI=1S/C17H26N2O5S/c1-13-6-9-19(10-7-13)25(21,22)11-8-18-17(20)14-4-5-15(23-2)16(12-14)24-3/h4-5,12-13H,6-11H2,1-3H3,(H,18,20). The third-order valence-electron chi connectivity index (χ3n) is 4.43. The Morgan fingerprint density at radius 2 is 1.84 bits per heavy atom. The fraction of sp³-hybridized carbons (Fsp3) is 0.588. The molecule has 0 spiro atoms. The molecule has 0 saturated carbocycles. The minimum Gasteiger partial charge on any atom is -0.493 e. The Balaban J connectivity index is 1.89. The minimum atomic E-state index is -3.33. The highest BCUT2D eigenvalue weighted by atomic mass is 32.2. The number of hydrogen-bond acceptors (Lipinski definition) is 5. The Morgan fingerprint density at radius 1 is 1.20 bits per heavy atom. The second kappa shape index (κ2) is 8.53. The van der Waals surface area contributed by atoms with E-state index in [-0.39, 0.29) is 18.2 Å². The maximum atomic E-state index is 12.3. The predicted molar refractivity (Wildman–Crippen MR) is 95.6 cm³/mol. The van der Waals surface area contributed by atoms with Gasteiger partial charge in [0.05, 0.1) is 20.0 Å². The van der Waals surface area contributed by atoms with E-state index < -0.39 is 10.0 Å². The maximum absolute atomic E-state index is 12.3. The van der Waals surface area contributed by atoms with Crippen molar-refractivity contribution in [2.24, 2.45) is 5.92 Å². The van der Waals surface area contributed by atoms with Crippen LogP contribution in [0.1, 0.15) is 30.1 Å². The Hall–Kier alpha value is -1.80. The highest BCUT2D eigenvalue weighted by molar-refractivity contribution is 7.89. The van der Waals surface area contributed by atoms with Gasteiger partial charge in [-0.2, -0.15) is 0 Å². The first kappa shape index (κ1) is 19.5. The van der Waals surface area contributed by atoms with Gasteiger partial charge in [0.1, 0.15) is 0 Å². The van der Waals surface area contributed by atoms with Crippen LogP contribution in [-0.2, 0) is 10.0 Å². The third-order valence-corrected chi connectivity index (χ3v) is 6.30. The largest absolute Gasteiger partial charge is 0.493 e. The van der Waals surface area contributed by atoms with Crippen LogP contribution in [0.15, 0.2) is 18.2 Å². The van der Waals surface area contributed by atoms with E-state index in [0.29, 0.717) is 36.1 Å². The van der Waals surface area contributed by atoms with Crippen molar-refractivity contribution >= 4 is 15.9 Å². The first-order valence-corrected chi connectivity index (χ1v) is 9.96. The van der Waals surface area contributed by atoms with E-state index in [2.05, 4.69) is 12.2 Å². The molecule has 0 aromatic heterocycles. The van der Waals surface area contributed by atoms with E-state index in [1.54, 1.807) is 18.2 Å². The summed E-state index contributed by atoms with van der Waals surface area (Å²) in [5, 5.41) is 2.65. The van der Waals surface area contributed by atoms with Crippen molar-refractivity contribution in [3.63, 3.8) is 0 Å². The van der Waals surface area contributed by atoms with Crippen molar-refractivity contribution in [3.8, 4) is 11.5 Å². The van der Waals surface area contributed by atoms with Crippen molar-refractivity contribution in [1.82, 2.24) is 9.62 Å². The Morgan fingerprint density at radius 3 is 2.44 bits per heavy atom. The van der Waals surface area contributed by atoms with Crippen molar-refractivity contribution < 1.29 is 22.7 Å². The molecule has 0 atom stereocenters. The van der Waals surface area contributed by atoms with Crippen molar-refractivity contribution in [2.75, 3.05) is 39.6 Å². The second-order valence-corrected chi connectivity index (χ2v) is 8.31. The van der Waals surface area contributed by atoms with Crippen molar-refractivity contribution in [2.45, 2.75) is 19.8 Å². The molecule has 0 aliphatic carbocycles. The lowest BCUT2D eigenvalue weighted by atomic mass is 10.0. The van der Waals surface area contributed by atoms with Gasteiger partial charge in [0, 0.05) is 25.2 Å². The third kappa shape index (κ3) is 5.09. The van der Waals surface area contributed by atoms with Crippen LogP contribution in [0.3, 0.4) is 0 Å². The van der Waals surface area contributed by atoms with E-state index in [0.717, 1.165) is 12.8 Å². The van der Waals surface area contributed by atoms with Gasteiger partial charge in [-0.1, -0.05) is 6.92 Å². The van der Waals surface area contributed by atoms with Gasteiger partial charge in [-0.05, 0) is 37.0 Å². The van der Waals surface area contributed by atoms with Gasteiger partial charge in [0.15, 0.2) is 11.5 Å². The van der Waals surface area contributed by atoms with Gasteiger partial charge in [-0.25, -0.2) is 12.7 Å². The molecule has 1 N–H and O–H groups in total. The van der Waals surface area contributed by atoms with E-state index in [9.17, 15) is 13.2 Å². The van der Waals surface area contributed by atoms with Gasteiger partial charge >= 0.3 is 0 Å². The summed E-state index contributed by atoms with van der Waals surface area (Å²) in [6.45, 7) is 3.33. The average Bonchev–Trinajstić information content (AvgIpc) is 2.61. The molecule has 25 heavy (non-hydrogen) atoms. The summed E-state index contributed by atoms with van der Waals surface area (Å²) in [4.78, 5) is 12.2. The molecule has 1 heterocycles. The molecule has 1 aliphatic heterocycles. The lowest BCUT2D eigenvalue weighted by molar-refractivity contribution is 0.0955. The van der Waals surface area contributed by atoms with Crippen LogP contribution < -0.4 is 14.8 Å². The fourth-order valence-corrected chi connectivity index (χ4v) is 4.15. The first-order chi connectivity index (χ1) is 11.9. The monoisotopic (exact) mass is 370 g/mol. The first-order valence-electron chi connectivity index (χ1n) is 8.35. The molecule has 8 heteroatoms. The van der Waals surface area contributed by atoms with Crippen LogP contribution in [0.5, 0.6) is 11.5 Å². The van der Waals surface area contributed by atoms with Crippen LogP contribution >= 0.6 is 0 Å². The molecule has 1 amide bonds. The van der Waals surface area contributed by atoms with Crippen LogP contribution in [-0.4, -0.2) is 58.2 Å². The summed E-state index contributed by atoms with van der Waals surface area (Å²) in [7, 11) is -0.325. The number of amides is 1. The second-order valence-electron chi connectivity index (χ2n) is 6.22. The van der Waals surface area contributed by atoms with Crippen molar-refractivity contribution in [3.05, 3.63) is 23.8 Å². The van der Waals surface area contributed by atoms with E-state index in [4.69, 9.17) is 9.47 Å². The summed E-state index contributed by atoms with van der Waals surface area (Å²) in [6, 6.07) is 4.81. The highest BCUT2D eigenvalue weighted by Crippen LogP contribution is 2.27. The van der Waals surface area contributed by atoms with Crippen LogP contribution in [0.25, 0.3) is 0 Å². The zero-order chi connectivity index (χ0) is 18.4. The molecule has 1 saturated heterocycles. The smallest absolute Gasteiger partial charge is 0.251 e. The number of carbonyl (C=O) groups excluding carboxylic acids is 1. The molecular weight excluding hydrogens is 344 g/mol. The minimum absolute atomic E-state index is 0.0710. The molecule has 140 valence electrons. The molecule has 0 bridgehead atoms. The highest BCUT2D eigenvalue weighted by Gasteiger charge is 2.26. The van der Waals surface area contributed by atoms with Gasteiger partial charge < -0.3 is 14.8 Å². The van der Waals surface area contributed by atoms with Crippen LogP contribution in [0, 0.1) is 5.92 Å². The molecule has 0 radical (unpaired) electrons. The Bertz CT molecular complexity index is 697. The zero-order valence-electron chi connectivity index (χ0n) is 14.9. The lowest BCUT2D eigenvalue weighted by Crippen LogP contribution is -2.41. The lowest BCUT2D eigenvalue weighted by Gasteiger charge is -2.29. The summed E-state index contributed by atoms with van der Waals surface area (Å²) in [6.07, 6.45) is 1.77. The summed E-state index contributed by atoms with van der Waals surface area (Å²) in [5.74, 6) is 1.10. The number of ether oxygens (including phenoxy) is 2. The number of rotatable bonds is 7. The number of sulfonamides is 1. The molecule has 2 rings (SSSR count). The normalized spacial score (nSPS) is 16.4. The number of carbonyl (C=O) groups is 1. The van der Waals surface area contributed by atoms with E-state index in [1.807, 2.05) is 0 Å². The Labute approximate surface area is 149 Å².